The molecule has 3 nitrogen and oxygen atoms in total. The van der Waals surface area contributed by atoms with E-state index in [0.717, 1.165) is 5.56 Å². The van der Waals surface area contributed by atoms with Crippen LogP contribution in [0.15, 0.2) is 24.3 Å². The van der Waals surface area contributed by atoms with Gasteiger partial charge in [0, 0.05) is 5.69 Å². The first kappa shape index (κ1) is 7.42. The second-order valence-corrected chi connectivity index (χ2v) is 2.12. The summed E-state index contributed by atoms with van der Waals surface area (Å²) in [4.78, 5) is 0. The van der Waals surface area contributed by atoms with Gasteiger partial charge in [0.1, 0.15) is 6.61 Å². The van der Waals surface area contributed by atoms with Crippen LogP contribution in [-0.2, 0) is 11.3 Å². The van der Waals surface area contributed by atoms with Crippen LogP contribution in [0.2, 0.25) is 0 Å². The molecule has 0 saturated heterocycles. The molecular formula is C8H8N2O. The third-order valence-electron chi connectivity index (χ3n) is 1.28. The third kappa shape index (κ3) is 2.18. The number of benzene rings is 1. The van der Waals surface area contributed by atoms with Crippen LogP contribution in [0.25, 0.3) is 0 Å². The van der Waals surface area contributed by atoms with Crippen molar-refractivity contribution in [2.45, 2.75) is 6.61 Å². The molecule has 0 aliphatic rings. The van der Waals surface area contributed by atoms with Crippen LogP contribution < -0.4 is 5.73 Å². The summed E-state index contributed by atoms with van der Waals surface area (Å²) in [5.41, 5.74) is 7.11. The Morgan fingerprint density at radius 1 is 1.36 bits per heavy atom. The highest BCUT2D eigenvalue weighted by atomic mass is 16.5. The topological polar surface area (TPSA) is 59.0 Å². The molecule has 0 unspecified atom stereocenters. The van der Waals surface area contributed by atoms with Crippen LogP contribution in [0.3, 0.4) is 0 Å². The van der Waals surface area contributed by atoms with Gasteiger partial charge in [-0.3, -0.25) is 0 Å². The minimum atomic E-state index is 0.316. The molecule has 0 heterocycles. The van der Waals surface area contributed by atoms with Crippen molar-refractivity contribution in [1.82, 2.24) is 0 Å². The molecule has 0 fully saturated rings. The van der Waals surface area contributed by atoms with E-state index in [9.17, 15) is 0 Å². The zero-order valence-electron chi connectivity index (χ0n) is 5.95. The monoisotopic (exact) mass is 148 g/mol. The maximum Gasteiger partial charge on any atom is 0.286 e. The van der Waals surface area contributed by atoms with Gasteiger partial charge in [0.05, 0.1) is 0 Å². The Labute approximate surface area is 65.0 Å². The van der Waals surface area contributed by atoms with Crippen LogP contribution in [0, 0.1) is 11.5 Å². The van der Waals surface area contributed by atoms with Gasteiger partial charge in [0.2, 0.25) is 0 Å². The van der Waals surface area contributed by atoms with Gasteiger partial charge < -0.3 is 10.5 Å². The van der Waals surface area contributed by atoms with Gasteiger partial charge in [-0.15, -0.1) is 0 Å². The van der Waals surface area contributed by atoms with E-state index in [1.807, 2.05) is 12.1 Å². The van der Waals surface area contributed by atoms with E-state index in [2.05, 4.69) is 4.74 Å². The predicted octanol–water partition coefficient (Wildman–Crippen LogP) is 1.27. The Kier molecular flexibility index (Phi) is 2.34. The van der Waals surface area contributed by atoms with E-state index in [4.69, 9.17) is 11.0 Å². The molecule has 0 spiro atoms. The second-order valence-electron chi connectivity index (χ2n) is 2.12. The maximum atomic E-state index is 8.09. The van der Waals surface area contributed by atoms with Crippen molar-refractivity contribution in [3.63, 3.8) is 0 Å². The number of ether oxygens (including phenoxy) is 1. The first-order valence-electron chi connectivity index (χ1n) is 3.18. The number of anilines is 1. The average molecular weight is 148 g/mol. The first-order valence-corrected chi connectivity index (χ1v) is 3.18. The number of nitriles is 1. The van der Waals surface area contributed by atoms with Gasteiger partial charge in [-0.1, -0.05) is 12.1 Å². The van der Waals surface area contributed by atoms with E-state index in [1.165, 1.54) is 0 Å². The summed E-state index contributed by atoms with van der Waals surface area (Å²) in [5, 5.41) is 8.09. The van der Waals surface area contributed by atoms with Crippen molar-refractivity contribution in [2.24, 2.45) is 0 Å². The van der Waals surface area contributed by atoms with Gasteiger partial charge in [-0.25, -0.2) is 0 Å². The van der Waals surface area contributed by atoms with E-state index in [0.29, 0.717) is 12.3 Å². The third-order valence-corrected chi connectivity index (χ3v) is 1.28. The molecular weight excluding hydrogens is 140 g/mol. The zero-order valence-corrected chi connectivity index (χ0v) is 5.95. The molecule has 0 radical (unpaired) electrons. The fourth-order valence-electron chi connectivity index (χ4n) is 0.729. The molecule has 0 amide bonds. The zero-order chi connectivity index (χ0) is 8.10. The fourth-order valence-corrected chi connectivity index (χ4v) is 0.729. The lowest BCUT2D eigenvalue weighted by molar-refractivity contribution is 0.257. The van der Waals surface area contributed by atoms with E-state index in [1.54, 1.807) is 18.4 Å². The number of nitrogens with zero attached hydrogens (tertiary/aromatic N) is 1. The quantitative estimate of drug-likeness (QED) is 0.507. The molecule has 0 aliphatic carbocycles. The minimum absolute atomic E-state index is 0.316. The lowest BCUT2D eigenvalue weighted by atomic mass is 10.2. The smallest absolute Gasteiger partial charge is 0.286 e. The molecule has 2 N–H and O–H groups in total. The molecule has 1 aromatic rings. The van der Waals surface area contributed by atoms with Gasteiger partial charge in [0.15, 0.2) is 0 Å². The highest BCUT2D eigenvalue weighted by molar-refractivity contribution is 5.39. The van der Waals surface area contributed by atoms with Gasteiger partial charge >= 0.3 is 0 Å². The van der Waals surface area contributed by atoms with E-state index in [-0.39, 0.29) is 0 Å². The van der Waals surface area contributed by atoms with Crippen LogP contribution in [0.4, 0.5) is 5.69 Å². The fraction of sp³-hybridized carbons (Fsp3) is 0.125. The number of nitrogen functional groups attached to an aromatic ring is 1. The molecule has 1 rings (SSSR count). The van der Waals surface area contributed by atoms with Crippen molar-refractivity contribution in [3.05, 3.63) is 29.8 Å². The number of hydrogen-bond donors (Lipinski definition) is 1. The lowest BCUT2D eigenvalue weighted by Crippen LogP contribution is -1.88. The van der Waals surface area contributed by atoms with Crippen LogP contribution in [0.5, 0.6) is 0 Å². The van der Waals surface area contributed by atoms with E-state index < -0.39 is 0 Å². The Bertz CT molecular complexity index is 260. The standard InChI is InChI=1S/C8H8N2O/c9-6-11-5-7-1-3-8(10)4-2-7/h1-4H,5,10H2. The van der Waals surface area contributed by atoms with Crippen LogP contribution in [-0.4, -0.2) is 0 Å². The molecule has 0 aromatic heterocycles. The molecule has 0 saturated carbocycles. The summed E-state index contributed by atoms with van der Waals surface area (Å²) >= 11 is 0. The van der Waals surface area contributed by atoms with Crippen molar-refractivity contribution in [2.75, 3.05) is 5.73 Å². The van der Waals surface area contributed by atoms with Crippen molar-refractivity contribution < 1.29 is 4.74 Å². The van der Waals surface area contributed by atoms with Crippen molar-refractivity contribution in [1.29, 1.82) is 5.26 Å². The lowest BCUT2D eigenvalue weighted by Gasteiger charge is -1.97. The Morgan fingerprint density at radius 2 is 2.00 bits per heavy atom. The first-order chi connectivity index (χ1) is 5.33. The van der Waals surface area contributed by atoms with Gasteiger partial charge in [0.25, 0.3) is 6.26 Å². The predicted molar refractivity (Wildman–Crippen MR) is 41.3 cm³/mol. The van der Waals surface area contributed by atoms with Crippen molar-refractivity contribution in [3.8, 4) is 6.26 Å². The Hall–Kier alpha value is -1.69. The summed E-state index contributed by atoms with van der Waals surface area (Å²) in [6.45, 7) is 0.316. The number of nitrogens with two attached hydrogens (primary N) is 1. The highest BCUT2D eigenvalue weighted by Gasteiger charge is 1.90. The SMILES string of the molecule is N#COCc1ccc(N)cc1. The molecule has 3 heteroatoms. The summed E-state index contributed by atoms with van der Waals surface area (Å²) in [6.07, 6.45) is 1.60. The summed E-state index contributed by atoms with van der Waals surface area (Å²) < 4.78 is 4.52. The summed E-state index contributed by atoms with van der Waals surface area (Å²) in [6, 6.07) is 7.20. The highest BCUT2D eigenvalue weighted by Crippen LogP contribution is 2.05. The number of hydrogen-bond acceptors (Lipinski definition) is 3. The normalized spacial score (nSPS) is 8.64. The van der Waals surface area contributed by atoms with Crippen LogP contribution >= 0.6 is 0 Å². The minimum Gasteiger partial charge on any atom is -0.423 e. The van der Waals surface area contributed by atoms with Crippen LogP contribution in [0.1, 0.15) is 5.56 Å². The molecule has 56 valence electrons. The Morgan fingerprint density at radius 3 is 2.55 bits per heavy atom. The Balaban J connectivity index is 2.60. The molecule has 0 bridgehead atoms. The van der Waals surface area contributed by atoms with Crippen molar-refractivity contribution >= 4 is 5.69 Å². The molecule has 0 atom stereocenters. The van der Waals surface area contributed by atoms with E-state index >= 15 is 0 Å². The number of rotatable bonds is 2. The second kappa shape index (κ2) is 3.47. The molecule has 0 aliphatic heterocycles. The van der Waals surface area contributed by atoms with Gasteiger partial charge in [-0.2, -0.15) is 5.26 Å². The average Bonchev–Trinajstić information content (AvgIpc) is 2.04. The maximum absolute atomic E-state index is 8.09. The molecule has 11 heavy (non-hydrogen) atoms. The largest absolute Gasteiger partial charge is 0.423 e. The summed E-state index contributed by atoms with van der Waals surface area (Å²) in [7, 11) is 0. The molecule has 1 aromatic carbocycles. The van der Waals surface area contributed by atoms with Gasteiger partial charge in [-0.05, 0) is 17.7 Å². The summed E-state index contributed by atoms with van der Waals surface area (Å²) in [5.74, 6) is 0.